The van der Waals surface area contributed by atoms with Crippen LogP contribution in [0.3, 0.4) is 0 Å². The van der Waals surface area contributed by atoms with Crippen LogP contribution in [0, 0.1) is 0 Å². The van der Waals surface area contributed by atoms with Gasteiger partial charge in [0.2, 0.25) is 0 Å². The Hall–Kier alpha value is -1.52. The van der Waals surface area contributed by atoms with Crippen molar-refractivity contribution in [1.29, 1.82) is 0 Å². The average Bonchev–Trinajstić information content (AvgIpc) is 2.97. The van der Waals surface area contributed by atoms with Gasteiger partial charge in [0.25, 0.3) is 0 Å². The SMILES string of the molecule is CN(Cc1ccoc1)Cc1ccoc1CNC(C)(C)C. The van der Waals surface area contributed by atoms with Crippen LogP contribution < -0.4 is 5.32 Å². The van der Waals surface area contributed by atoms with Crippen molar-refractivity contribution in [2.75, 3.05) is 7.05 Å². The van der Waals surface area contributed by atoms with Gasteiger partial charge in [0.1, 0.15) is 5.76 Å². The van der Waals surface area contributed by atoms with E-state index in [4.69, 9.17) is 8.83 Å². The molecule has 0 fully saturated rings. The summed E-state index contributed by atoms with van der Waals surface area (Å²) in [7, 11) is 2.10. The van der Waals surface area contributed by atoms with E-state index in [1.165, 1.54) is 11.1 Å². The van der Waals surface area contributed by atoms with E-state index in [-0.39, 0.29) is 5.54 Å². The van der Waals surface area contributed by atoms with Crippen molar-refractivity contribution in [1.82, 2.24) is 10.2 Å². The van der Waals surface area contributed by atoms with Gasteiger partial charge in [0.05, 0.1) is 25.3 Å². The molecule has 0 radical (unpaired) electrons. The molecule has 2 aromatic rings. The first kappa shape index (κ1) is 14.9. The molecule has 2 aromatic heterocycles. The van der Waals surface area contributed by atoms with Gasteiger partial charge in [-0.1, -0.05) is 0 Å². The molecule has 0 bridgehead atoms. The van der Waals surface area contributed by atoms with E-state index in [9.17, 15) is 0 Å². The topological polar surface area (TPSA) is 41.6 Å². The Morgan fingerprint density at radius 2 is 1.95 bits per heavy atom. The fourth-order valence-corrected chi connectivity index (χ4v) is 2.05. The number of nitrogens with one attached hydrogen (secondary N) is 1. The molecule has 110 valence electrons. The van der Waals surface area contributed by atoms with Crippen molar-refractivity contribution < 1.29 is 8.83 Å². The van der Waals surface area contributed by atoms with E-state index in [0.717, 1.165) is 25.4 Å². The van der Waals surface area contributed by atoms with Crippen LogP contribution in [0.25, 0.3) is 0 Å². The van der Waals surface area contributed by atoms with Crippen LogP contribution in [0.1, 0.15) is 37.7 Å². The smallest absolute Gasteiger partial charge is 0.122 e. The molecule has 4 nitrogen and oxygen atoms in total. The zero-order chi connectivity index (χ0) is 14.6. The highest BCUT2D eigenvalue weighted by atomic mass is 16.3. The third kappa shape index (κ3) is 4.54. The molecule has 4 heteroatoms. The molecule has 0 unspecified atom stereocenters. The fourth-order valence-electron chi connectivity index (χ4n) is 2.05. The summed E-state index contributed by atoms with van der Waals surface area (Å²) in [6, 6.07) is 4.04. The minimum atomic E-state index is 0.0900. The van der Waals surface area contributed by atoms with Gasteiger partial charge in [0, 0.05) is 29.8 Å². The predicted molar refractivity (Wildman–Crippen MR) is 79.2 cm³/mol. The summed E-state index contributed by atoms with van der Waals surface area (Å²) in [4.78, 5) is 2.25. The summed E-state index contributed by atoms with van der Waals surface area (Å²) in [6.45, 7) is 8.95. The van der Waals surface area contributed by atoms with Crippen molar-refractivity contribution in [3.05, 3.63) is 47.8 Å². The standard InChI is InChI=1S/C16H24N2O2/c1-16(2,3)17-9-15-14(6-8-20-15)11-18(4)10-13-5-7-19-12-13/h5-8,12,17H,9-11H2,1-4H3. The minimum Gasteiger partial charge on any atom is -0.472 e. The van der Waals surface area contributed by atoms with Gasteiger partial charge in [-0.3, -0.25) is 4.90 Å². The Labute approximate surface area is 120 Å². The number of hydrogen-bond donors (Lipinski definition) is 1. The number of furan rings is 2. The summed E-state index contributed by atoms with van der Waals surface area (Å²) in [5.41, 5.74) is 2.50. The summed E-state index contributed by atoms with van der Waals surface area (Å²) in [6.07, 6.45) is 5.26. The quantitative estimate of drug-likeness (QED) is 0.878. The average molecular weight is 276 g/mol. The maximum Gasteiger partial charge on any atom is 0.122 e. The molecule has 20 heavy (non-hydrogen) atoms. The van der Waals surface area contributed by atoms with E-state index in [1.807, 2.05) is 12.1 Å². The predicted octanol–water partition coefficient (Wildman–Crippen LogP) is 3.39. The molecule has 0 amide bonds. The third-order valence-corrected chi connectivity index (χ3v) is 3.09. The van der Waals surface area contributed by atoms with Gasteiger partial charge in [-0.15, -0.1) is 0 Å². The van der Waals surface area contributed by atoms with Crippen molar-refractivity contribution >= 4 is 0 Å². The number of hydrogen-bond acceptors (Lipinski definition) is 4. The number of rotatable bonds is 6. The lowest BCUT2D eigenvalue weighted by Crippen LogP contribution is -2.35. The van der Waals surface area contributed by atoms with Gasteiger partial charge >= 0.3 is 0 Å². The minimum absolute atomic E-state index is 0.0900. The van der Waals surface area contributed by atoms with Crippen LogP contribution in [-0.2, 0) is 19.6 Å². The molecular weight excluding hydrogens is 252 g/mol. The summed E-state index contributed by atoms with van der Waals surface area (Å²) < 4.78 is 10.7. The zero-order valence-electron chi connectivity index (χ0n) is 12.8. The van der Waals surface area contributed by atoms with Crippen molar-refractivity contribution in [2.45, 2.75) is 45.9 Å². The summed E-state index contributed by atoms with van der Waals surface area (Å²) >= 11 is 0. The monoisotopic (exact) mass is 276 g/mol. The Morgan fingerprint density at radius 3 is 2.60 bits per heavy atom. The van der Waals surface area contributed by atoms with E-state index >= 15 is 0 Å². The third-order valence-electron chi connectivity index (χ3n) is 3.09. The van der Waals surface area contributed by atoms with E-state index < -0.39 is 0 Å². The largest absolute Gasteiger partial charge is 0.472 e. The van der Waals surface area contributed by atoms with Gasteiger partial charge in [0.15, 0.2) is 0 Å². The Kier molecular flexibility index (Phi) is 4.68. The molecule has 0 spiro atoms. The second-order valence-corrected chi connectivity index (χ2v) is 6.28. The second-order valence-electron chi connectivity index (χ2n) is 6.28. The molecule has 0 aliphatic rings. The summed E-state index contributed by atoms with van der Waals surface area (Å²) in [5.74, 6) is 1.01. The Balaban J connectivity index is 1.91. The molecule has 0 atom stereocenters. The fraction of sp³-hybridized carbons (Fsp3) is 0.500. The van der Waals surface area contributed by atoms with Crippen molar-refractivity contribution in [2.24, 2.45) is 0 Å². The van der Waals surface area contributed by atoms with E-state index in [2.05, 4.69) is 38.0 Å². The van der Waals surface area contributed by atoms with Gasteiger partial charge in [-0.2, -0.15) is 0 Å². The first-order chi connectivity index (χ1) is 9.44. The molecule has 0 aliphatic carbocycles. The van der Waals surface area contributed by atoms with Crippen LogP contribution in [0.5, 0.6) is 0 Å². The molecular formula is C16H24N2O2. The Bertz CT molecular complexity index is 509. The number of nitrogens with zero attached hydrogens (tertiary/aromatic N) is 1. The zero-order valence-corrected chi connectivity index (χ0v) is 12.8. The van der Waals surface area contributed by atoms with Gasteiger partial charge in [-0.25, -0.2) is 0 Å². The normalized spacial score (nSPS) is 12.2. The molecule has 2 rings (SSSR count). The van der Waals surface area contributed by atoms with Gasteiger partial charge < -0.3 is 14.2 Å². The second kappa shape index (κ2) is 6.29. The van der Waals surface area contributed by atoms with Gasteiger partial charge in [-0.05, 0) is 40.0 Å². The van der Waals surface area contributed by atoms with Crippen LogP contribution in [-0.4, -0.2) is 17.5 Å². The van der Waals surface area contributed by atoms with Crippen LogP contribution in [0.4, 0.5) is 0 Å². The van der Waals surface area contributed by atoms with E-state index in [1.54, 1.807) is 18.8 Å². The highest BCUT2D eigenvalue weighted by Gasteiger charge is 2.13. The first-order valence-corrected chi connectivity index (χ1v) is 6.94. The first-order valence-electron chi connectivity index (χ1n) is 6.94. The lowest BCUT2D eigenvalue weighted by molar-refractivity contribution is 0.311. The van der Waals surface area contributed by atoms with Crippen LogP contribution >= 0.6 is 0 Å². The highest BCUT2D eigenvalue weighted by molar-refractivity contribution is 5.17. The van der Waals surface area contributed by atoms with Crippen molar-refractivity contribution in [3.8, 4) is 0 Å². The van der Waals surface area contributed by atoms with Crippen LogP contribution in [0.15, 0.2) is 39.8 Å². The van der Waals surface area contributed by atoms with Crippen molar-refractivity contribution in [3.63, 3.8) is 0 Å². The molecule has 0 aliphatic heterocycles. The molecule has 1 N–H and O–H groups in total. The molecule has 0 saturated carbocycles. The lowest BCUT2D eigenvalue weighted by Gasteiger charge is -2.21. The Morgan fingerprint density at radius 1 is 1.15 bits per heavy atom. The lowest BCUT2D eigenvalue weighted by atomic mass is 10.1. The maximum atomic E-state index is 5.59. The van der Waals surface area contributed by atoms with Crippen LogP contribution in [0.2, 0.25) is 0 Å². The maximum absolute atomic E-state index is 5.59. The highest BCUT2D eigenvalue weighted by Crippen LogP contribution is 2.15. The van der Waals surface area contributed by atoms with E-state index in [0.29, 0.717) is 0 Å². The molecule has 0 saturated heterocycles. The molecule has 0 aromatic carbocycles. The summed E-state index contributed by atoms with van der Waals surface area (Å²) in [5, 5.41) is 3.46. The molecule has 2 heterocycles.